The van der Waals surface area contributed by atoms with Crippen molar-refractivity contribution in [2.75, 3.05) is 6.61 Å². The van der Waals surface area contributed by atoms with Crippen LogP contribution < -0.4 is 0 Å². The molecular weight excluding hydrogens is 372 g/mol. The molecule has 170 valence electrons. The molecule has 0 aliphatic heterocycles. The van der Waals surface area contributed by atoms with E-state index in [1.165, 1.54) is 58.8 Å². The van der Waals surface area contributed by atoms with Gasteiger partial charge in [-0.25, -0.2) is 0 Å². The lowest BCUT2D eigenvalue weighted by molar-refractivity contribution is -0.148. The van der Waals surface area contributed by atoms with Gasteiger partial charge in [0.15, 0.2) is 5.78 Å². The van der Waals surface area contributed by atoms with Crippen molar-refractivity contribution in [3.05, 3.63) is 0 Å². The van der Waals surface area contributed by atoms with Crippen LogP contribution in [0.4, 0.5) is 0 Å². The SMILES string of the molecule is CCCCCCCCCCCCCC(C(C)=O)C(C(C)=O)C(=O)C(O)C(O)CO. The third-order valence-corrected chi connectivity index (χ3v) is 5.63. The second-order valence-corrected chi connectivity index (χ2v) is 8.23. The van der Waals surface area contributed by atoms with Crippen LogP contribution in [0.5, 0.6) is 0 Å². The fourth-order valence-corrected chi connectivity index (χ4v) is 3.79. The molecule has 0 aliphatic carbocycles. The van der Waals surface area contributed by atoms with Gasteiger partial charge in [-0.1, -0.05) is 77.6 Å². The average molecular weight is 415 g/mol. The lowest BCUT2D eigenvalue weighted by Crippen LogP contribution is -2.45. The van der Waals surface area contributed by atoms with Gasteiger partial charge >= 0.3 is 0 Å². The highest BCUT2D eigenvalue weighted by Gasteiger charge is 2.39. The zero-order valence-corrected chi connectivity index (χ0v) is 18.6. The first-order valence-corrected chi connectivity index (χ1v) is 11.3. The lowest BCUT2D eigenvalue weighted by atomic mass is 9.78. The Morgan fingerprint density at radius 2 is 1.17 bits per heavy atom. The topological polar surface area (TPSA) is 112 Å². The molecule has 0 bridgehead atoms. The second kappa shape index (κ2) is 16.7. The first-order chi connectivity index (χ1) is 13.8. The Hall–Kier alpha value is -1.11. The van der Waals surface area contributed by atoms with Gasteiger partial charge in [-0.15, -0.1) is 0 Å². The van der Waals surface area contributed by atoms with Gasteiger partial charge in [0.25, 0.3) is 0 Å². The molecule has 4 atom stereocenters. The van der Waals surface area contributed by atoms with E-state index in [-0.39, 0.29) is 5.78 Å². The Morgan fingerprint density at radius 3 is 1.55 bits per heavy atom. The Labute approximate surface area is 176 Å². The number of rotatable bonds is 19. The predicted octanol–water partition coefficient (Wildman–Crippen LogP) is 3.38. The number of aliphatic hydroxyl groups excluding tert-OH is 3. The highest BCUT2D eigenvalue weighted by atomic mass is 16.4. The van der Waals surface area contributed by atoms with Gasteiger partial charge in [-0.2, -0.15) is 0 Å². The van der Waals surface area contributed by atoms with Crippen LogP contribution in [0.15, 0.2) is 0 Å². The van der Waals surface area contributed by atoms with Crippen molar-refractivity contribution in [1.29, 1.82) is 0 Å². The highest BCUT2D eigenvalue weighted by molar-refractivity contribution is 6.06. The highest BCUT2D eigenvalue weighted by Crippen LogP contribution is 2.25. The lowest BCUT2D eigenvalue weighted by Gasteiger charge is -2.25. The Bertz CT molecular complexity index is 476. The molecule has 0 saturated carbocycles. The van der Waals surface area contributed by atoms with Gasteiger partial charge in [-0.05, 0) is 20.3 Å². The minimum atomic E-state index is -1.87. The summed E-state index contributed by atoms with van der Waals surface area (Å²) in [5, 5.41) is 28.3. The fourth-order valence-electron chi connectivity index (χ4n) is 3.79. The van der Waals surface area contributed by atoms with Crippen molar-refractivity contribution in [2.45, 2.75) is 110 Å². The molecule has 6 heteroatoms. The molecule has 0 amide bonds. The standard InChI is InChI=1S/C23H42O6/c1-4-5-6-7-8-9-10-11-12-13-14-15-19(17(2)25)21(18(3)26)23(29)22(28)20(27)16-24/h19-22,24,27-28H,4-16H2,1-3H3. The monoisotopic (exact) mass is 414 g/mol. The van der Waals surface area contributed by atoms with Gasteiger partial charge < -0.3 is 15.3 Å². The molecule has 0 aromatic rings. The molecule has 0 rings (SSSR count). The smallest absolute Gasteiger partial charge is 0.175 e. The van der Waals surface area contributed by atoms with Crippen LogP contribution >= 0.6 is 0 Å². The average Bonchev–Trinajstić information content (AvgIpc) is 2.68. The number of hydrogen-bond donors (Lipinski definition) is 3. The quantitative estimate of drug-likeness (QED) is 0.221. The summed E-state index contributed by atoms with van der Waals surface area (Å²) in [6, 6.07) is 0. The summed E-state index contributed by atoms with van der Waals surface area (Å²) in [4.78, 5) is 36.5. The summed E-state index contributed by atoms with van der Waals surface area (Å²) < 4.78 is 0. The summed E-state index contributed by atoms with van der Waals surface area (Å²) in [5.74, 6) is -3.72. The molecule has 0 spiro atoms. The van der Waals surface area contributed by atoms with Gasteiger partial charge in [0.2, 0.25) is 0 Å². The molecule has 0 aromatic carbocycles. The molecule has 0 fully saturated rings. The van der Waals surface area contributed by atoms with E-state index in [1.54, 1.807) is 0 Å². The number of ketones is 3. The predicted molar refractivity (Wildman–Crippen MR) is 114 cm³/mol. The van der Waals surface area contributed by atoms with E-state index in [4.69, 9.17) is 5.11 Å². The molecular formula is C23H42O6. The van der Waals surface area contributed by atoms with Crippen LogP contribution in [0.2, 0.25) is 0 Å². The molecule has 0 radical (unpaired) electrons. The molecule has 0 heterocycles. The van der Waals surface area contributed by atoms with Gasteiger partial charge in [0.1, 0.15) is 23.8 Å². The van der Waals surface area contributed by atoms with Crippen molar-refractivity contribution in [2.24, 2.45) is 11.8 Å². The summed E-state index contributed by atoms with van der Waals surface area (Å²) in [6.45, 7) is 3.99. The zero-order chi connectivity index (χ0) is 22.2. The van der Waals surface area contributed by atoms with Crippen LogP contribution in [-0.4, -0.2) is 51.5 Å². The van der Waals surface area contributed by atoms with Crippen LogP contribution in [0.25, 0.3) is 0 Å². The van der Waals surface area contributed by atoms with Crippen LogP contribution in [0.1, 0.15) is 97.8 Å². The van der Waals surface area contributed by atoms with Gasteiger partial charge in [0.05, 0.1) is 12.5 Å². The number of unbranched alkanes of at least 4 members (excludes halogenated alkanes) is 10. The normalized spacial score (nSPS) is 15.5. The van der Waals surface area contributed by atoms with Gasteiger partial charge in [0, 0.05) is 5.92 Å². The van der Waals surface area contributed by atoms with E-state index in [9.17, 15) is 24.6 Å². The maximum Gasteiger partial charge on any atom is 0.175 e. The summed E-state index contributed by atoms with van der Waals surface area (Å²) >= 11 is 0. The largest absolute Gasteiger partial charge is 0.394 e. The van der Waals surface area contributed by atoms with Crippen LogP contribution in [0, 0.1) is 11.8 Å². The van der Waals surface area contributed by atoms with E-state index in [2.05, 4.69) is 6.92 Å². The number of hydrogen-bond acceptors (Lipinski definition) is 6. The Morgan fingerprint density at radius 1 is 0.724 bits per heavy atom. The first kappa shape index (κ1) is 27.9. The minimum Gasteiger partial charge on any atom is -0.394 e. The summed E-state index contributed by atoms with van der Waals surface area (Å²) in [6.07, 6.45) is 9.72. The third kappa shape index (κ3) is 11.6. The summed E-state index contributed by atoms with van der Waals surface area (Å²) in [5.41, 5.74) is 0. The maximum absolute atomic E-state index is 12.4. The molecule has 0 saturated heterocycles. The minimum absolute atomic E-state index is 0.267. The Balaban J connectivity index is 4.39. The second-order valence-electron chi connectivity index (χ2n) is 8.23. The summed E-state index contributed by atoms with van der Waals surface area (Å²) in [7, 11) is 0. The number of Topliss-reactive ketones (excluding diaryl/α,β-unsaturated/α-hetero) is 3. The van der Waals surface area contributed by atoms with E-state index in [0.29, 0.717) is 6.42 Å². The van der Waals surface area contributed by atoms with E-state index in [1.807, 2.05) is 0 Å². The van der Waals surface area contributed by atoms with Crippen molar-refractivity contribution in [1.82, 2.24) is 0 Å². The molecule has 4 unspecified atom stereocenters. The number of aliphatic hydroxyl groups is 3. The maximum atomic E-state index is 12.4. The number of carbonyl (C=O) groups is 3. The Kier molecular flexibility index (Phi) is 16.0. The van der Waals surface area contributed by atoms with Crippen molar-refractivity contribution in [3.63, 3.8) is 0 Å². The van der Waals surface area contributed by atoms with Gasteiger partial charge in [-0.3, -0.25) is 14.4 Å². The molecule has 0 aliphatic rings. The fraction of sp³-hybridized carbons (Fsp3) is 0.870. The molecule has 29 heavy (non-hydrogen) atoms. The molecule has 0 aromatic heterocycles. The van der Waals surface area contributed by atoms with Crippen LogP contribution in [0.3, 0.4) is 0 Å². The van der Waals surface area contributed by atoms with E-state index in [0.717, 1.165) is 25.7 Å². The first-order valence-electron chi connectivity index (χ1n) is 11.3. The zero-order valence-electron chi connectivity index (χ0n) is 18.6. The van der Waals surface area contributed by atoms with E-state index < -0.39 is 42.2 Å². The van der Waals surface area contributed by atoms with Crippen LogP contribution in [-0.2, 0) is 14.4 Å². The van der Waals surface area contributed by atoms with Crippen molar-refractivity contribution >= 4 is 17.3 Å². The number of carbonyl (C=O) groups excluding carboxylic acids is 3. The van der Waals surface area contributed by atoms with Crippen molar-refractivity contribution < 1.29 is 29.7 Å². The molecule has 3 N–H and O–H groups in total. The van der Waals surface area contributed by atoms with Crippen molar-refractivity contribution in [3.8, 4) is 0 Å². The third-order valence-electron chi connectivity index (χ3n) is 5.63. The van der Waals surface area contributed by atoms with E-state index >= 15 is 0 Å². The molecule has 6 nitrogen and oxygen atoms in total.